The quantitative estimate of drug-likeness (QED) is 0.685. The van der Waals surface area contributed by atoms with Gasteiger partial charge in [0, 0.05) is 0 Å². The van der Waals surface area contributed by atoms with Crippen molar-refractivity contribution in [1.29, 1.82) is 0 Å². The van der Waals surface area contributed by atoms with E-state index in [1.807, 2.05) is 0 Å². The van der Waals surface area contributed by atoms with Gasteiger partial charge in [0.1, 0.15) is 0 Å². The van der Waals surface area contributed by atoms with Gasteiger partial charge in [-0.25, -0.2) is 0 Å². The zero-order valence-corrected chi connectivity index (χ0v) is 15.2. The molecule has 0 amide bonds. The molecule has 0 saturated heterocycles. The van der Waals surface area contributed by atoms with E-state index in [9.17, 15) is 0 Å². The normalized spacial score (nSPS) is 15.1. The van der Waals surface area contributed by atoms with Gasteiger partial charge in [-0.3, -0.25) is 0 Å². The van der Waals surface area contributed by atoms with Crippen molar-refractivity contribution in [2.75, 3.05) is 6.16 Å². The van der Waals surface area contributed by atoms with Gasteiger partial charge < -0.3 is 0 Å². The summed E-state index contributed by atoms with van der Waals surface area (Å²) in [4.78, 5) is 0. The fourth-order valence-corrected chi connectivity index (χ4v) is 5.89. The third-order valence-electron chi connectivity index (χ3n) is 5.27. The molecule has 0 nitrogen and oxygen atoms in total. The topological polar surface area (TPSA) is 0 Å². The van der Waals surface area contributed by atoms with Crippen molar-refractivity contribution < 1.29 is 0 Å². The Morgan fingerprint density at radius 2 is 1.27 bits per heavy atom. The average Bonchev–Trinajstić information content (AvgIpc) is 2.44. The fraction of sp³-hybridized carbons (Fsp3) is 0.429. The lowest BCUT2D eigenvalue weighted by Crippen LogP contribution is -2.23. The first kappa shape index (κ1) is 15.8. The van der Waals surface area contributed by atoms with Crippen molar-refractivity contribution in [3.05, 3.63) is 58.7 Å². The lowest BCUT2D eigenvalue weighted by molar-refractivity contribution is 0.352. The lowest BCUT2D eigenvalue weighted by atomic mass is 9.87. The van der Waals surface area contributed by atoms with E-state index in [1.165, 1.54) is 47.7 Å². The van der Waals surface area contributed by atoms with E-state index in [0.29, 0.717) is 0 Å². The maximum atomic E-state index is 2.44. The maximum Gasteiger partial charge on any atom is -0.0192 e. The zero-order valence-electron chi connectivity index (χ0n) is 14.3. The molecule has 2 aromatic rings. The molecular weight excluding hydrogens is 283 g/mol. The molecule has 0 radical (unpaired) electrons. The van der Waals surface area contributed by atoms with Gasteiger partial charge in [-0.1, -0.05) is 55.7 Å². The Kier molecular flexibility index (Phi) is 4.69. The van der Waals surface area contributed by atoms with E-state index in [-0.39, 0.29) is 7.92 Å². The van der Waals surface area contributed by atoms with Crippen molar-refractivity contribution in [2.24, 2.45) is 5.92 Å². The van der Waals surface area contributed by atoms with Crippen LogP contribution in [-0.4, -0.2) is 6.16 Å². The average molecular weight is 310 g/mol. The Hall–Kier alpha value is -1.13. The van der Waals surface area contributed by atoms with Gasteiger partial charge in [0.25, 0.3) is 0 Å². The van der Waals surface area contributed by atoms with E-state index in [2.05, 4.69) is 64.1 Å². The van der Waals surface area contributed by atoms with Gasteiger partial charge >= 0.3 is 0 Å². The lowest BCUT2D eigenvalue weighted by Gasteiger charge is -2.31. The second-order valence-electron chi connectivity index (χ2n) is 6.94. The molecule has 2 aromatic carbocycles. The molecular formula is C21H27P. The van der Waals surface area contributed by atoms with E-state index >= 15 is 0 Å². The minimum absolute atomic E-state index is 0.202. The van der Waals surface area contributed by atoms with Crippen LogP contribution in [0.2, 0.25) is 0 Å². The molecule has 1 fully saturated rings. The largest absolute Gasteiger partial charge is 0.0584 e. The molecule has 0 unspecified atom stereocenters. The maximum absolute atomic E-state index is 2.44. The molecule has 1 aliphatic carbocycles. The summed E-state index contributed by atoms with van der Waals surface area (Å²) in [7, 11) is -0.202. The van der Waals surface area contributed by atoms with Crippen LogP contribution in [-0.2, 0) is 0 Å². The monoisotopic (exact) mass is 310 g/mol. The fourth-order valence-electron chi connectivity index (χ4n) is 3.08. The van der Waals surface area contributed by atoms with E-state index < -0.39 is 0 Å². The van der Waals surface area contributed by atoms with Crippen molar-refractivity contribution in [2.45, 2.75) is 47.0 Å². The summed E-state index contributed by atoms with van der Waals surface area (Å²) < 4.78 is 0. The van der Waals surface area contributed by atoms with Crippen molar-refractivity contribution >= 4 is 18.5 Å². The van der Waals surface area contributed by atoms with Crippen LogP contribution in [0.1, 0.15) is 41.5 Å². The molecule has 0 N–H and O–H groups in total. The van der Waals surface area contributed by atoms with Crippen LogP contribution < -0.4 is 10.6 Å². The van der Waals surface area contributed by atoms with Crippen molar-refractivity contribution in [1.82, 2.24) is 0 Å². The molecule has 0 bridgehead atoms. The van der Waals surface area contributed by atoms with Crippen molar-refractivity contribution in [3.8, 4) is 0 Å². The molecule has 0 aliphatic heterocycles. The summed E-state index contributed by atoms with van der Waals surface area (Å²) in [5, 5.41) is 3.13. The molecule has 1 heteroatoms. The first-order valence-electron chi connectivity index (χ1n) is 8.46. The molecule has 1 saturated carbocycles. The van der Waals surface area contributed by atoms with Crippen LogP contribution in [0.25, 0.3) is 0 Å². The summed E-state index contributed by atoms with van der Waals surface area (Å²) >= 11 is 0. The van der Waals surface area contributed by atoms with E-state index in [0.717, 1.165) is 5.92 Å². The standard InChI is InChI=1S/C21H27P/c1-15-8-10-20(12-17(15)3)22(14-19-6-5-7-19)21-11-9-16(2)18(4)13-21/h8-13,19H,5-7,14H2,1-4H3. The Labute approximate surface area is 136 Å². The summed E-state index contributed by atoms with van der Waals surface area (Å²) in [6, 6.07) is 14.2. The number of hydrogen-bond acceptors (Lipinski definition) is 0. The molecule has 0 aromatic heterocycles. The minimum atomic E-state index is -0.202. The highest BCUT2D eigenvalue weighted by molar-refractivity contribution is 7.73. The highest BCUT2D eigenvalue weighted by Crippen LogP contribution is 2.42. The van der Waals surface area contributed by atoms with Gasteiger partial charge in [0.2, 0.25) is 0 Å². The third-order valence-corrected chi connectivity index (χ3v) is 7.95. The Bertz CT molecular complexity index is 616. The van der Waals surface area contributed by atoms with Gasteiger partial charge in [-0.15, -0.1) is 0 Å². The minimum Gasteiger partial charge on any atom is -0.0584 e. The highest BCUT2D eigenvalue weighted by Gasteiger charge is 2.24. The van der Waals surface area contributed by atoms with Crippen LogP contribution >= 0.6 is 7.92 Å². The van der Waals surface area contributed by atoms with Crippen LogP contribution in [0, 0.1) is 33.6 Å². The number of aryl methyl sites for hydroxylation is 4. The summed E-state index contributed by atoms with van der Waals surface area (Å²) in [6.45, 7) is 8.92. The molecule has 0 heterocycles. The molecule has 22 heavy (non-hydrogen) atoms. The molecule has 0 atom stereocenters. The summed E-state index contributed by atoms with van der Waals surface area (Å²) in [5.74, 6) is 0.953. The molecule has 3 rings (SSSR count). The first-order valence-corrected chi connectivity index (χ1v) is 9.99. The van der Waals surface area contributed by atoms with Crippen LogP contribution in [0.3, 0.4) is 0 Å². The summed E-state index contributed by atoms with van der Waals surface area (Å²) in [6.07, 6.45) is 5.69. The predicted octanol–water partition coefficient (Wildman–Crippen LogP) is 5.15. The van der Waals surface area contributed by atoms with Crippen LogP contribution in [0.5, 0.6) is 0 Å². The third kappa shape index (κ3) is 3.28. The van der Waals surface area contributed by atoms with Crippen LogP contribution in [0.4, 0.5) is 0 Å². The first-order chi connectivity index (χ1) is 10.5. The number of rotatable bonds is 4. The van der Waals surface area contributed by atoms with Gasteiger partial charge in [0.05, 0.1) is 0 Å². The number of benzene rings is 2. The molecule has 0 spiro atoms. The van der Waals surface area contributed by atoms with Crippen molar-refractivity contribution in [3.63, 3.8) is 0 Å². The molecule has 116 valence electrons. The second-order valence-corrected chi connectivity index (χ2v) is 9.20. The van der Waals surface area contributed by atoms with Gasteiger partial charge in [0.15, 0.2) is 0 Å². The van der Waals surface area contributed by atoms with Gasteiger partial charge in [-0.2, -0.15) is 0 Å². The zero-order chi connectivity index (χ0) is 15.7. The Balaban J connectivity index is 1.97. The SMILES string of the molecule is Cc1ccc(P(CC2CCC2)c2ccc(C)c(C)c2)cc1C. The predicted molar refractivity (Wildman–Crippen MR) is 100 cm³/mol. The highest BCUT2D eigenvalue weighted by atomic mass is 31.1. The molecule has 1 aliphatic rings. The van der Waals surface area contributed by atoms with Crippen LogP contribution in [0.15, 0.2) is 36.4 Å². The smallest absolute Gasteiger partial charge is 0.0192 e. The second kappa shape index (κ2) is 6.55. The Morgan fingerprint density at radius 3 is 1.64 bits per heavy atom. The van der Waals surface area contributed by atoms with E-state index in [1.54, 1.807) is 10.6 Å². The number of hydrogen-bond donors (Lipinski definition) is 0. The summed E-state index contributed by atoms with van der Waals surface area (Å²) in [5.41, 5.74) is 5.68. The van der Waals surface area contributed by atoms with E-state index in [4.69, 9.17) is 0 Å². The Morgan fingerprint density at radius 1 is 0.773 bits per heavy atom. The van der Waals surface area contributed by atoms with Gasteiger partial charge in [-0.05, 0) is 80.6 Å².